The third-order valence-electron chi connectivity index (χ3n) is 3.77. The Morgan fingerprint density at radius 2 is 2.06 bits per heavy atom. The van der Waals surface area contributed by atoms with Crippen LogP contribution in [0.15, 0.2) is 0 Å². The molecule has 0 spiro atoms. The highest BCUT2D eigenvalue weighted by molar-refractivity contribution is 4.76. The molecule has 1 saturated heterocycles. The summed E-state index contributed by atoms with van der Waals surface area (Å²) in [5.41, 5.74) is 0.547. The fourth-order valence-corrected chi connectivity index (χ4v) is 2.48. The van der Waals surface area contributed by atoms with Crippen molar-refractivity contribution < 1.29 is 4.74 Å². The van der Waals surface area contributed by atoms with Crippen molar-refractivity contribution in [2.24, 2.45) is 5.41 Å². The van der Waals surface area contributed by atoms with Gasteiger partial charge in [-0.1, -0.05) is 13.8 Å². The van der Waals surface area contributed by atoms with E-state index < -0.39 is 0 Å². The Bertz CT molecular complexity index is 206. The van der Waals surface area contributed by atoms with Gasteiger partial charge in [0.2, 0.25) is 0 Å². The van der Waals surface area contributed by atoms with Crippen molar-refractivity contribution in [2.75, 3.05) is 39.9 Å². The first-order chi connectivity index (χ1) is 8.03. The summed E-state index contributed by atoms with van der Waals surface area (Å²) in [5.74, 6) is 0. The molecule has 0 aromatic heterocycles. The number of nitrogens with one attached hydrogen (secondary N) is 1. The molecule has 0 aromatic rings. The summed E-state index contributed by atoms with van der Waals surface area (Å²) in [6.07, 6.45) is 4.05. The van der Waals surface area contributed by atoms with Crippen molar-refractivity contribution in [2.45, 2.75) is 46.1 Å². The van der Waals surface area contributed by atoms with Gasteiger partial charge in [-0.25, -0.2) is 0 Å². The Kier molecular flexibility index (Phi) is 6.45. The van der Waals surface area contributed by atoms with Crippen molar-refractivity contribution in [3.8, 4) is 0 Å². The van der Waals surface area contributed by atoms with E-state index in [-0.39, 0.29) is 0 Å². The summed E-state index contributed by atoms with van der Waals surface area (Å²) in [6.45, 7) is 12.5. The third-order valence-corrected chi connectivity index (χ3v) is 3.77. The minimum absolute atomic E-state index is 0.461. The SMILES string of the molecule is COCC(C)NCCN1CCCC(C)(C)CC1. The molecule has 1 aliphatic rings. The molecule has 17 heavy (non-hydrogen) atoms. The predicted octanol–water partition coefficient (Wildman–Crippen LogP) is 2.12. The van der Waals surface area contributed by atoms with Crippen molar-refractivity contribution >= 4 is 0 Å². The number of hydrogen-bond donors (Lipinski definition) is 1. The lowest BCUT2D eigenvalue weighted by atomic mass is 9.85. The zero-order valence-electron chi connectivity index (χ0n) is 12.1. The second kappa shape index (κ2) is 7.34. The number of likely N-dealkylation sites (tertiary alicyclic amines) is 1. The Morgan fingerprint density at radius 3 is 2.76 bits per heavy atom. The lowest BCUT2D eigenvalue weighted by molar-refractivity contribution is 0.169. The predicted molar refractivity (Wildman–Crippen MR) is 73.4 cm³/mol. The van der Waals surface area contributed by atoms with Crippen LogP contribution in [0, 0.1) is 5.41 Å². The Labute approximate surface area is 107 Å². The molecular formula is C14H30N2O. The molecule has 3 nitrogen and oxygen atoms in total. The van der Waals surface area contributed by atoms with E-state index in [1.807, 2.05) is 0 Å². The molecule has 1 unspecified atom stereocenters. The minimum atomic E-state index is 0.461. The largest absolute Gasteiger partial charge is 0.383 e. The molecule has 0 radical (unpaired) electrons. The molecule has 1 aliphatic heterocycles. The topological polar surface area (TPSA) is 24.5 Å². The highest BCUT2D eigenvalue weighted by atomic mass is 16.5. The first-order valence-electron chi connectivity index (χ1n) is 6.98. The molecule has 1 fully saturated rings. The molecule has 1 rings (SSSR count). The number of methoxy groups -OCH3 is 1. The average molecular weight is 242 g/mol. The summed E-state index contributed by atoms with van der Waals surface area (Å²) in [4.78, 5) is 2.60. The van der Waals surface area contributed by atoms with Crippen LogP contribution in [0.3, 0.4) is 0 Å². The quantitative estimate of drug-likeness (QED) is 0.772. The number of nitrogens with zero attached hydrogens (tertiary/aromatic N) is 1. The van der Waals surface area contributed by atoms with Crippen molar-refractivity contribution in [1.29, 1.82) is 0 Å². The Morgan fingerprint density at radius 1 is 1.29 bits per heavy atom. The molecule has 0 amide bonds. The monoisotopic (exact) mass is 242 g/mol. The lowest BCUT2D eigenvalue weighted by Gasteiger charge is -2.24. The van der Waals surface area contributed by atoms with Gasteiger partial charge in [0, 0.05) is 26.2 Å². The number of ether oxygens (including phenoxy) is 1. The van der Waals surface area contributed by atoms with Gasteiger partial charge in [-0.3, -0.25) is 0 Å². The maximum atomic E-state index is 5.12. The minimum Gasteiger partial charge on any atom is -0.383 e. The fourth-order valence-electron chi connectivity index (χ4n) is 2.48. The first-order valence-corrected chi connectivity index (χ1v) is 6.98. The van der Waals surface area contributed by atoms with Crippen LogP contribution in [0.5, 0.6) is 0 Å². The van der Waals surface area contributed by atoms with Gasteiger partial charge in [0.1, 0.15) is 0 Å². The second-order valence-corrected chi connectivity index (χ2v) is 6.17. The molecule has 0 saturated carbocycles. The van der Waals surface area contributed by atoms with E-state index in [4.69, 9.17) is 4.74 Å². The molecule has 0 aromatic carbocycles. The van der Waals surface area contributed by atoms with Gasteiger partial charge >= 0.3 is 0 Å². The van der Waals surface area contributed by atoms with E-state index in [0.29, 0.717) is 11.5 Å². The van der Waals surface area contributed by atoms with Gasteiger partial charge in [0.05, 0.1) is 6.61 Å². The molecule has 102 valence electrons. The molecule has 0 aliphatic carbocycles. The third kappa shape index (κ3) is 6.39. The van der Waals surface area contributed by atoms with E-state index in [0.717, 1.165) is 13.2 Å². The average Bonchev–Trinajstić information content (AvgIpc) is 2.41. The van der Waals surface area contributed by atoms with Crippen LogP contribution in [0.2, 0.25) is 0 Å². The molecule has 1 heterocycles. The summed E-state index contributed by atoms with van der Waals surface area (Å²) in [6, 6.07) is 0.461. The van der Waals surface area contributed by atoms with Crippen LogP contribution in [-0.2, 0) is 4.74 Å². The van der Waals surface area contributed by atoms with Crippen LogP contribution in [0.1, 0.15) is 40.0 Å². The first kappa shape index (κ1) is 14.9. The van der Waals surface area contributed by atoms with Crippen LogP contribution >= 0.6 is 0 Å². The van der Waals surface area contributed by atoms with Crippen LogP contribution in [0.4, 0.5) is 0 Å². The van der Waals surface area contributed by atoms with E-state index in [2.05, 4.69) is 31.0 Å². The Hall–Kier alpha value is -0.120. The molecular weight excluding hydrogens is 212 g/mol. The molecule has 1 N–H and O–H groups in total. The zero-order valence-corrected chi connectivity index (χ0v) is 12.1. The second-order valence-electron chi connectivity index (χ2n) is 6.17. The summed E-state index contributed by atoms with van der Waals surface area (Å²) in [7, 11) is 1.76. The number of rotatable bonds is 6. The van der Waals surface area contributed by atoms with Gasteiger partial charge in [-0.15, -0.1) is 0 Å². The maximum absolute atomic E-state index is 5.12. The van der Waals surface area contributed by atoms with Crippen LogP contribution in [0.25, 0.3) is 0 Å². The summed E-state index contributed by atoms with van der Waals surface area (Å²) in [5, 5.41) is 3.51. The van der Waals surface area contributed by atoms with E-state index in [9.17, 15) is 0 Å². The van der Waals surface area contributed by atoms with Crippen molar-refractivity contribution in [3.63, 3.8) is 0 Å². The van der Waals surface area contributed by atoms with Gasteiger partial charge in [0.15, 0.2) is 0 Å². The highest BCUT2D eigenvalue weighted by Gasteiger charge is 2.22. The van der Waals surface area contributed by atoms with Crippen molar-refractivity contribution in [3.05, 3.63) is 0 Å². The molecule has 1 atom stereocenters. The van der Waals surface area contributed by atoms with Crippen molar-refractivity contribution in [1.82, 2.24) is 10.2 Å². The Balaban J connectivity index is 2.15. The summed E-state index contributed by atoms with van der Waals surface area (Å²) >= 11 is 0. The van der Waals surface area contributed by atoms with Crippen LogP contribution in [-0.4, -0.2) is 50.8 Å². The zero-order chi connectivity index (χ0) is 12.7. The van der Waals surface area contributed by atoms with Gasteiger partial charge in [-0.2, -0.15) is 0 Å². The fraction of sp³-hybridized carbons (Fsp3) is 1.00. The van der Waals surface area contributed by atoms with E-state index >= 15 is 0 Å². The lowest BCUT2D eigenvalue weighted by Crippen LogP contribution is -2.38. The highest BCUT2D eigenvalue weighted by Crippen LogP contribution is 2.29. The molecule has 0 bridgehead atoms. The van der Waals surface area contributed by atoms with Crippen LogP contribution < -0.4 is 5.32 Å². The smallest absolute Gasteiger partial charge is 0.0613 e. The standard InChI is InChI=1S/C14H30N2O/c1-13(12-17-4)15-8-11-16-9-5-6-14(2,3)7-10-16/h13,15H,5-12H2,1-4H3. The maximum Gasteiger partial charge on any atom is 0.0613 e. The van der Waals surface area contributed by atoms with Gasteiger partial charge < -0.3 is 15.0 Å². The normalized spacial score (nSPS) is 23.3. The summed E-state index contributed by atoms with van der Waals surface area (Å²) < 4.78 is 5.12. The number of hydrogen-bond acceptors (Lipinski definition) is 3. The molecule has 3 heteroatoms. The van der Waals surface area contributed by atoms with E-state index in [1.54, 1.807) is 7.11 Å². The van der Waals surface area contributed by atoms with E-state index in [1.165, 1.54) is 38.9 Å². The van der Waals surface area contributed by atoms with Gasteiger partial charge in [0.25, 0.3) is 0 Å². The van der Waals surface area contributed by atoms with Gasteiger partial charge in [-0.05, 0) is 44.7 Å².